The van der Waals surface area contributed by atoms with Gasteiger partial charge in [0, 0.05) is 17.4 Å². The summed E-state index contributed by atoms with van der Waals surface area (Å²) in [5, 5.41) is 10.3. The van der Waals surface area contributed by atoms with Gasteiger partial charge in [-0.3, -0.25) is 4.79 Å². The van der Waals surface area contributed by atoms with Gasteiger partial charge in [0.1, 0.15) is 6.04 Å². The SMILES string of the molecule is COc1nscc1CC(N)C(=O)O. The zero-order valence-corrected chi connectivity index (χ0v) is 7.87. The number of aromatic nitrogens is 1. The molecule has 0 saturated heterocycles. The van der Waals surface area contributed by atoms with E-state index in [1.807, 2.05) is 0 Å². The molecule has 0 fully saturated rings. The predicted octanol–water partition coefficient (Wildman–Crippen LogP) is 0.106. The van der Waals surface area contributed by atoms with E-state index in [4.69, 9.17) is 15.6 Å². The third kappa shape index (κ3) is 2.40. The van der Waals surface area contributed by atoms with Crippen molar-refractivity contribution in [1.82, 2.24) is 4.37 Å². The highest BCUT2D eigenvalue weighted by Crippen LogP contribution is 2.19. The number of nitrogens with two attached hydrogens (primary N) is 1. The molecule has 6 heteroatoms. The van der Waals surface area contributed by atoms with Crippen LogP contribution in [0.15, 0.2) is 5.38 Å². The molecule has 0 saturated carbocycles. The molecule has 0 spiro atoms. The van der Waals surface area contributed by atoms with E-state index in [1.165, 1.54) is 18.6 Å². The fourth-order valence-electron chi connectivity index (χ4n) is 0.875. The Labute approximate surface area is 79.3 Å². The molecule has 0 aliphatic carbocycles. The van der Waals surface area contributed by atoms with E-state index in [0.717, 1.165) is 5.56 Å². The lowest BCUT2D eigenvalue weighted by atomic mass is 10.1. The first-order chi connectivity index (χ1) is 6.15. The van der Waals surface area contributed by atoms with Crippen LogP contribution in [-0.2, 0) is 11.2 Å². The molecule has 13 heavy (non-hydrogen) atoms. The summed E-state index contributed by atoms with van der Waals surface area (Å²) in [7, 11) is 1.49. The van der Waals surface area contributed by atoms with Crippen LogP contribution in [0.5, 0.6) is 5.88 Å². The van der Waals surface area contributed by atoms with E-state index >= 15 is 0 Å². The van der Waals surface area contributed by atoms with Crippen molar-refractivity contribution in [2.75, 3.05) is 7.11 Å². The van der Waals surface area contributed by atoms with E-state index in [9.17, 15) is 4.79 Å². The van der Waals surface area contributed by atoms with Crippen molar-refractivity contribution in [3.05, 3.63) is 10.9 Å². The number of hydrogen-bond acceptors (Lipinski definition) is 5. The maximum Gasteiger partial charge on any atom is 0.320 e. The van der Waals surface area contributed by atoms with Crippen LogP contribution in [0.25, 0.3) is 0 Å². The summed E-state index contributed by atoms with van der Waals surface area (Å²) in [6, 6.07) is -0.898. The third-order valence-corrected chi connectivity index (χ3v) is 2.22. The summed E-state index contributed by atoms with van der Waals surface area (Å²) >= 11 is 1.22. The molecule has 0 aliphatic heterocycles. The molecule has 1 unspecified atom stereocenters. The van der Waals surface area contributed by atoms with Gasteiger partial charge in [-0.1, -0.05) is 0 Å². The van der Waals surface area contributed by atoms with Crippen molar-refractivity contribution in [2.45, 2.75) is 12.5 Å². The lowest BCUT2D eigenvalue weighted by molar-refractivity contribution is -0.138. The first kappa shape index (κ1) is 9.94. The van der Waals surface area contributed by atoms with Gasteiger partial charge < -0.3 is 15.6 Å². The average Bonchev–Trinajstić information content (AvgIpc) is 2.51. The monoisotopic (exact) mass is 202 g/mol. The van der Waals surface area contributed by atoms with E-state index in [2.05, 4.69) is 4.37 Å². The standard InChI is InChI=1S/C7H10N2O3S/c1-12-6-4(3-13-9-6)2-5(8)7(10)11/h3,5H,2,8H2,1H3,(H,10,11). The number of carboxylic acids is 1. The van der Waals surface area contributed by atoms with Gasteiger partial charge in [-0.05, 0) is 11.5 Å². The van der Waals surface area contributed by atoms with Crippen molar-refractivity contribution in [2.24, 2.45) is 5.73 Å². The molecule has 3 N–H and O–H groups in total. The molecule has 0 amide bonds. The van der Waals surface area contributed by atoms with Crippen molar-refractivity contribution in [3.8, 4) is 5.88 Å². The third-order valence-electron chi connectivity index (χ3n) is 1.56. The van der Waals surface area contributed by atoms with Gasteiger partial charge in [0.15, 0.2) is 0 Å². The van der Waals surface area contributed by atoms with Crippen LogP contribution in [-0.4, -0.2) is 28.6 Å². The van der Waals surface area contributed by atoms with Crippen molar-refractivity contribution in [3.63, 3.8) is 0 Å². The minimum Gasteiger partial charge on any atom is -0.480 e. The number of nitrogens with zero attached hydrogens (tertiary/aromatic N) is 1. The van der Waals surface area contributed by atoms with Crippen LogP contribution >= 0.6 is 11.5 Å². The second kappa shape index (κ2) is 4.20. The fourth-order valence-corrected chi connectivity index (χ4v) is 1.54. The van der Waals surface area contributed by atoms with Crippen molar-refractivity contribution in [1.29, 1.82) is 0 Å². The van der Waals surface area contributed by atoms with Crippen LogP contribution < -0.4 is 10.5 Å². The van der Waals surface area contributed by atoms with Crippen molar-refractivity contribution >= 4 is 17.5 Å². The van der Waals surface area contributed by atoms with Crippen LogP contribution in [0.2, 0.25) is 0 Å². The van der Waals surface area contributed by atoms with Gasteiger partial charge in [0.05, 0.1) is 7.11 Å². The number of aliphatic carboxylic acids is 1. The van der Waals surface area contributed by atoms with E-state index in [1.54, 1.807) is 5.38 Å². The molecule has 1 atom stereocenters. The average molecular weight is 202 g/mol. The van der Waals surface area contributed by atoms with Gasteiger partial charge in [0.2, 0.25) is 5.88 Å². The zero-order chi connectivity index (χ0) is 9.84. The number of rotatable bonds is 4. The molecule has 1 aromatic rings. The Hall–Kier alpha value is -1.14. The smallest absolute Gasteiger partial charge is 0.320 e. The quantitative estimate of drug-likeness (QED) is 0.723. The summed E-state index contributed by atoms with van der Waals surface area (Å²) in [6.45, 7) is 0. The van der Waals surface area contributed by atoms with Crippen LogP contribution in [0, 0.1) is 0 Å². The second-order valence-corrected chi connectivity index (χ2v) is 3.13. The molecular formula is C7H10N2O3S. The van der Waals surface area contributed by atoms with Crippen LogP contribution in [0.4, 0.5) is 0 Å². The Balaban J connectivity index is 2.68. The summed E-state index contributed by atoms with van der Waals surface area (Å²) in [4.78, 5) is 10.4. The summed E-state index contributed by atoms with van der Waals surface area (Å²) in [5.41, 5.74) is 6.09. The highest BCUT2D eigenvalue weighted by Gasteiger charge is 2.16. The maximum absolute atomic E-state index is 10.4. The minimum atomic E-state index is -1.02. The Bertz CT molecular complexity index is 300. The molecule has 0 aliphatic rings. The molecule has 1 rings (SSSR count). The van der Waals surface area contributed by atoms with E-state index < -0.39 is 12.0 Å². The Morgan fingerprint density at radius 1 is 1.92 bits per heavy atom. The molecule has 0 bridgehead atoms. The lowest BCUT2D eigenvalue weighted by Gasteiger charge is -2.04. The van der Waals surface area contributed by atoms with E-state index in [-0.39, 0.29) is 6.42 Å². The predicted molar refractivity (Wildman–Crippen MR) is 48.0 cm³/mol. The van der Waals surface area contributed by atoms with Crippen LogP contribution in [0.3, 0.4) is 0 Å². The minimum absolute atomic E-state index is 0.245. The molecule has 0 radical (unpaired) electrons. The number of ether oxygens (including phenoxy) is 1. The number of methoxy groups -OCH3 is 1. The Morgan fingerprint density at radius 3 is 3.15 bits per heavy atom. The normalized spacial score (nSPS) is 12.5. The largest absolute Gasteiger partial charge is 0.480 e. The maximum atomic E-state index is 10.4. The highest BCUT2D eigenvalue weighted by molar-refractivity contribution is 7.03. The first-order valence-corrected chi connectivity index (χ1v) is 4.44. The molecular weight excluding hydrogens is 192 g/mol. The summed E-state index contributed by atoms with van der Waals surface area (Å²) in [6.07, 6.45) is 0.245. The molecule has 1 aromatic heterocycles. The van der Waals surface area contributed by atoms with E-state index in [0.29, 0.717) is 5.88 Å². The van der Waals surface area contributed by atoms with Gasteiger partial charge in [-0.2, -0.15) is 4.37 Å². The summed E-state index contributed by atoms with van der Waals surface area (Å²) in [5.74, 6) is -0.560. The lowest BCUT2D eigenvalue weighted by Crippen LogP contribution is -2.32. The van der Waals surface area contributed by atoms with Gasteiger partial charge in [-0.25, -0.2) is 0 Å². The number of carboxylic acid groups (broad SMARTS) is 1. The Morgan fingerprint density at radius 2 is 2.62 bits per heavy atom. The first-order valence-electron chi connectivity index (χ1n) is 3.60. The summed E-state index contributed by atoms with van der Waals surface area (Å²) < 4.78 is 8.83. The molecule has 0 aromatic carbocycles. The zero-order valence-electron chi connectivity index (χ0n) is 7.06. The second-order valence-electron chi connectivity index (χ2n) is 2.50. The van der Waals surface area contributed by atoms with Gasteiger partial charge in [-0.15, -0.1) is 0 Å². The molecule has 5 nitrogen and oxygen atoms in total. The number of hydrogen-bond donors (Lipinski definition) is 2. The number of carbonyl (C=O) groups is 1. The Kier molecular flexibility index (Phi) is 3.21. The van der Waals surface area contributed by atoms with Gasteiger partial charge in [0.25, 0.3) is 0 Å². The highest BCUT2D eigenvalue weighted by atomic mass is 32.1. The van der Waals surface area contributed by atoms with Crippen molar-refractivity contribution < 1.29 is 14.6 Å². The fraction of sp³-hybridized carbons (Fsp3) is 0.429. The molecule has 1 heterocycles. The van der Waals surface area contributed by atoms with Crippen LogP contribution in [0.1, 0.15) is 5.56 Å². The van der Waals surface area contributed by atoms with Gasteiger partial charge >= 0.3 is 5.97 Å². The molecule has 72 valence electrons. The topological polar surface area (TPSA) is 85.4 Å².